The number of benzene rings is 2. The van der Waals surface area contributed by atoms with E-state index in [0.29, 0.717) is 5.56 Å². The van der Waals surface area contributed by atoms with E-state index in [-0.39, 0.29) is 0 Å². The van der Waals surface area contributed by atoms with Gasteiger partial charge >= 0.3 is 0 Å². The Labute approximate surface area is 92.1 Å². The van der Waals surface area contributed by atoms with Crippen molar-refractivity contribution < 1.29 is 0 Å². The van der Waals surface area contributed by atoms with E-state index in [0.717, 1.165) is 27.0 Å². The molecule has 0 radical (unpaired) electrons. The Hall–Kier alpha value is -1.92. The third-order valence-corrected chi connectivity index (χ3v) is 2.98. The molecule has 2 aromatic rings. The third kappa shape index (κ3) is 0.997. The van der Waals surface area contributed by atoms with E-state index in [1.807, 2.05) is 30.3 Å². The fraction of sp³-hybridized carbons (Fsp3) is 0. The monoisotopic (exact) mass is 210 g/mol. The van der Waals surface area contributed by atoms with Gasteiger partial charge in [-0.05, 0) is 12.1 Å². The zero-order valence-electron chi connectivity index (χ0n) is 7.74. The summed E-state index contributed by atoms with van der Waals surface area (Å²) < 4.78 is 0. The van der Waals surface area contributed by atoms with Crippen LogP contribution < -0.4 is 5.32 Å². The van der Waals surface area contributed by atoms with Gasteiger partial charge in [0, 0.05) is 22.0 Å². The molecule has 15 heavy (non-hydrogen) atoms. The van der Waals surface area contributed by atoms with Gasteiger partial charge in [-0.25, -0.2) is 0 Å². The predicted octanol–water partition coefficient (Wildman–Crippen LogP) is 2.81. The molecule has 3 heteroatoms. The van der Waals surface area contributed by atoms with Gasteiger partial charge < -0.3 is 5.32 Å². The van der Waals surface area contributed by atoms with Crippen molar-refractivity contribution in [3.8, 4) is 6.07 Å². The highest BCUT2D eigenvalue weighted by atomic mass is 32.1. The first-order valence-electron chi connectivity index (χ1n) is 4.58. The molecule has 1 aliphatic heterocycles. The molecule has 2 nitrogen and oxygen atoms in total. The zero-order valence-corrected chi connectivity index (χ0v) is 8.56. The van der Waals surface area contributed by atoms with Crippen LogP contribution in [0.4, 0.5) is 5.69 Å². The second-order valence-electron chi connectivity index (χ2n) is 3.45. The zero-order chi connectivity index (χ0) is 10.4. The summed E-state index contributed by atoms with van der Waals surface area (Å²) in [6.07, 6.45) is 0. The van der Waals surface area contributed by atoms with E-state index < -0.39 is 0 Å². The molecule has 0 spiro atoms. The van der Waals surface area contributed by atoms with Crippen LogP contribution >= 0.6 is 12.2 Å². The Morgan fingerprint density at radius 2 is 2.07 bits per heavy atom. The van der Waals surface area contributed by atoms with E-state index >= 15 is 0 Å². The highest BCUT2D eigenvalue weighted by Gasteiger charge is 2.18. The highest BCUT2D eigenvalue weighted by Crippen LogP contribution is 2.34. The lowest BCUT2D eigenvalue weighted by Gasteiger charge is -2.01. The smallest absolute Gasteiger partial charge is 0.111 e. The molecule has 2 aromatic carbocycles. The van der Waals surface area contributed by atoms with Gasteiger partial charge in [-0.1, -0.05) is 30.4 Å². The van der Waals surface area contributed by atoms with E-state index in [1.54, 1.807) is 0 Å². The van der Waals surface area contributed by atoms with Crippen molar-refractivity contribution in [1.82, 2.24) is 0 Å². The molecule has 1 heterocycles. The quantitative estimate of drug-likeness (QED) is 0.679. The normalized spacial score (nSPS) is 12.6. The Morgan fingerprint density at radius 1 is 1.20 bits per heavy atom. The molecule has 0 amide bonds. The fourth-order valence-electron chi connectivity index (χ4n) is 1.99. The van der Waals surface area contributed by atoms with Crippen molar-refractivity contribution in [2.24, 2.45) is 0 Å². The fourth-order valence-corrected chi connectivity index (χ4v) is 2.27. The SMILES string of the molecule is N#Cc1ccc2c3c(cccc13)C(=S)N2. The summed E-state index contributed by atoms with van der Waals surface area (Å²) in [5.41, 5.74) is 2.72. The second-order valence-corrected chi connectivity index (χ2v) is 3.86. The summed E-state index contributed by atoms with van der Waals surface area (Å²) in [7, 11) is 0. The summed E-state index contributed by atoms with van der Waals surface area (Å²) in [6, 6.07) is 11.8. The molecule has 0 saturated heterocycles. The van der Waals surface area contributed by atoms with Crippen LogP contribution in [0.2, 0.25) is 0 Å². The molecular formula is C12H6N2S. The minimum absolute atomic E-state index is 0.696. The van der Waals surface area contributed by atoms with Crippen LogP contribution in [0, 0.1) is 11.3 Å². The number of nitrogens with zero attached hydrogens (tertiary/aromatic N) is 1. The topological polar surface area (TPSA) is 35.8 Å². The summed E-state index contributed by atoms with van der Waals surface area (Å²) in [5.74, 6) is 0. The first-order valence-corrected chi connectivity index (χ1v) is 4.99. The van der Waals surface area contributed by atoms with Gasteiger partial charge in [0.15, 0.2) is 0 Å². The molecule has 1 aliphatic rings. The van der Waals surface area contributed by atoms with Gasteiger partial charge in [-0.15, -0.1) is 0 Å². The van der Waals surface area contributed by atoms with Crippen LogP contribution in [0.3, 0.4) is 0 Å². The number of nitrogens with one attached hydrogen (secondary N) is 1. The standard InChI is InChI=1S/C12H6N2S/c13-6-7-4-5-10-11-8(7)2-1-3-9(11)12(15)14-10/h1-5H,(H,14,15). The molecule has 0 aliphatic carbocycles. The second kappa shape index (κ2) is 2.78. The van der Waals surface area contributed by atoms with Crippen LogP contribution in [0.5, 0.6) is 0 Å². The minimum atomic E-state index is 0.696. The molecule has 3 rings (SSSR count). The van der Waals surface area contributed by atoms with Crippen molar-refractivity contribution in [1.29, 1.82) is 5.26 Å². The van der Waals surface area contributed by atoms with Crippen LogP contribution in [-0.4, -0.2) is 4.99 Å². The third-order valence-electron chi connectivity index (χ3n) is 2.65. The minimum Gasteiger partial charge on any atom is -0.346 e. The number of hydrogen-bond acceptors (Lipinski definition) is 2. The van der Waals surface area contributed by atoms with Crippen molar-refractivity contribution in [3.63, 3.8) is 0 Å². The number of rotatable bonds is 0. The number of anilines is 1. The molecule has 0 unspecified atom stereocenters. The van der Waals surface area contributed by atoms with E-state index in [1.165, 1.54) is 0 Å². The van der Waals surface area contributed by atoms with Crippen LogP contribution in [0.15, 0.2) is 30.3 Å². The van der Waals surface area contributed by atoms with Gasteiger partial charge in [-0.3, -0.25) is 0 Å². The van der Waals surface area contributed by atoms with E-state index in [9.17, 15) is 0 Å². The molecule has 0 fully saturated rings. The van der Waals surface area contributed by atoms with Gasteiger partial charge in [0.1, 0.15) is 4.99 Å². The molecule has 0 atom stereocenters. The van der Waals surface area contributed by atoms with Gasteiger partial charge in [-0.2, -0.15) is 5.26 Å². The Morgan fingerprint density at radius 3 is 2.87 bits per heavy atom. The molecule has 1 N–H and O–H groups in total. The largest absolute Gasteiger partial charge is 0.346 e. The Kier molecular flexibility index (Phi) is 1.56. The Bertz CT molecular complexity index is 638. The summed E-state index contributed by atoms with van der Waals surface area (Å²) in [5, 5.41) is 14.2. The van der Waals surface area contributed by atoms with Crippen LogP contribution in [0.25, 0.3) is 10.8 Å². The maximum atomic E-state index is 9.00. The molecule has 0 saturated carbocycles. The maximum absolute atomic E-state index is 9.00. The van der Waals surface area contributed by atoms with Gasteiger partial charge in [0.05, 0.1) is 11.6 Å². The van der Waals surface area contributed by atoms with E-state index in [4.69, 9.17) is 17.5 Å². The van der Waals surface area contributed by atoms with Gasteiger partial charge in [0.25, 0.3) is 0 Å². The maximum Gasteiger partial charge on any atom is 0.111 e. The molecule has 70 valence electrons. The molecule has 0 bridgehead atoms. The Balaban J connectivity index is 2.57. The van der Waals surface area contributed by atoms with Crippen molar-refractivity contribution >= 4 is 33.7 Å². The lowest BCUT2D eigenvalue weighted by atomic mass is 10.0. The summed E-state index contributed by atoms with van der Waals surface area (Å²) in [4.78, 5) is 0.741. The van der Waals surface area contributed by atoms with Crippen LogP contribution in [-0.2, 0) is 0 Å². The van der Waals surface area contributed by atoms with Crippen molar-refractivity contribution in [3.05, 3.63) is 41.5 Å². The lowest BCUT2D eigenvalue weighted by molar-refractivity contribution is 1.50. The lowest BCUT2D eigenvalue weighted by Crippen LogP contribution is -2.01. The first kappa shape index (κ1) is 8.39. The average Bonchev–Trinajstić information content (AvgIpc) is 2.59. The number of thiocarbonyl (C=S) groups is 1. The summed E-state index contributed by atoms with van der Waals surface area (Å²) in [6.45, 7) is 0. The predicted molar refractivity (Wildman–Crippen MR) is 64.0 cm³/mol. The van der Waals surface area contributed by atoms with Crippen molar-refractivity contribution in [2.45, 2.75) is 0 Å². The highest BCUT2D eigenvalue weighted by molar-refractivity contribution is 7.81. The molecular weight excluding hydrogens is 204 g/mol. The molecule has 0 aromatic heterocycles. The van der Waals surface area contributed by atoms with Gasteiger partial charge in [0.2, 0.25) is 0 Å². The first-order chi connectivity index (χ1) is 7.31. The van der Waals surface area contributed by atoms with Crippen LogP contribution in [0.1, 0.15) is 11.1 Å². The number of hydrogen-bond donors (Lipinski definition) is 1. The van der Waals surface area contributed by atoms with E-state index in [2.05, 4.69) is 11.4 Å². The average molecular weight is 210 g/mol. The van der Waals surface area contributed by atoms with Crippen molar-refractivity contribution in [2.75, 3.05) is 5.32 Å². The number of nitriles is 1. The summed E-state index contributed by atoms with van der Waals surface area (Å²) >= 11 is 5.22.